The van der Waals surface area contributed by atoms with Gasteiger partial charge in [0.1, 0.15) is 29.9 Å². The zero-order chi connectivity index (χ0) is 14.0. The number of hydrogen-bond acceptors (Lipinski definition) is 4. The first-order valence-corrected chi connectivity index (χ1v) is 5.62. The van der Waals surface area contributed by atoms with E-state index in [0.717, 1.165) is 12.1 Å². The fourth-order valence-electron chi connectivity index (χ4n) is 1.84. The minimum atomic E-state index is -1.93. The van der Waals surface area contributed by atoms with Crippen molar-refractivity contribution in [2.45, 2.75) is 25.2 Å². The summed E-state index contributed by atoms with van der Waals surface area (Å²) in [4.78, 5) is 3.70. The highest BCUT2D eigenvalue weighted by atomic mass is 19.1. The molecule has 0 aliphatic rings. The molecule has 0 spiro atoms. The summed E-state index contributed by atoms with van der Waals surface area (Å²) in [5.74, 6) is -1.68. The van der Waals surface area contributed by atoms with E-state index in [0.29, 0.717) is 6.07 Å². The Kier molecular flexibility index (Phi) is 3.59. The first-order valence-electron chi connectivity index (χ1n) is 5.62. The molecule has 1 aromatic heterocycles. The van der Waals surface area contributed by atoms with E-state index in [9.17, 15) is 19.0 Å². The molecule has 1 aromatic carbocycles. The van der Waals surface area contributed by atoms with E-state index < -0.39 is 23.3 Å². The average Bonchev–Trinajstić information content (AvgIpc) is 2.81. The van der Waals surface area contributed by atoms with Crippen LogP contribution in [-0.2, 0) is 12.1 Å². The minimum absolute atomic E-state index is 0.195. The molecule has 1 heterocycles. The number of aliphatic hydroxyl groups is 2. The van der Waals surface area contributed by atoms with Crippen molar-refractivity contribution < 1.29 is 19.0 Å². The summed E-state index contributed by atoms with van der Waals surface area (Å²) in [5, 5.41) is 24.0. The highest BCUT2D eigenvalue weighted by Crippen LogP contribution is 2.29. The Balaban J connectivity index is 2.43. The first-order chi connectivity index (χ1) is 8.93. The van der Waals surface area contributed by atoms with Gasteiger partial charge in [-0.25, -0.2) is 18.4 Å². The SMILES string of the molecule is C[C@@H](O)[C@@](O)(Cn1cncn1)c1ccc(F)cc1F. The minimum Gasteiger partial charge on any atom is -0.390 e. The molecule has 0 amide bonds. The van der Waals surface area contributed by atoms with Gasteiger partial charge in [-0.1, -0.05) is 6.07 Å². The lowest BCUT2D eigenvalue weighted by Gasteiger charge is -2.31. The van der Waals surface area contributed by atoms with E-state index in [2.05, 4.69) is 10.1 Å². The van der Waals surface area contributed by atoms with Gasteiger partial charge in [0.15, 0.2) is 0 Å². The summed E-state index contributed by atoms with van der Waals surface area (Å²) in [5.41, 5.74) is -2.12. The third kappa shape index (κ3) is 2.61. The molecule has 5 nitrogen and oxygen atoms in total. The van der Waals surface area contributed by atoms with Gasteiger partial charge in [0.25, 0.3) is 0 Å². The van der Waals surface area contributed by atoms with E-state index in [1.165, 1.54) is 24.3 Å². The fraction of sp³-hybridized carbons (Fsp3) is 0.333. The van der Waals surface area contributed by atoms with Gasteiger partial charge in [-0.05, 0) is 13.0 Å². The molecule has 0 saturated heterocycles. The van der Waals surface area contributed by atoms with Crippen molar-refractivity contribution in [2.24, 2.45) is 0 Å². The molecule has 0 bridgehead atoms. The second kappa shape index (κ2) is 5.02. The van der Waals surface area contributed by atoms with Gasteiger partial charge in [0.2, 0.25) is 0 Å². The lowest BCUT2D eigenvalue weighted by molar-refractivity contribution is -0.0874. The lowest BCUT2D eigenvalue weighted by Crippen LogP contribution is -2.42. The number of halogens is 2. The molecule has 0 aliphatic carbocycles. The molecule has 19 heavy (non-hydrogen) atoms. The molecule has 2 N–H and O–H groups in total. The number of hydrogen-bond donors (Lipinski definition) is 2. The predicted octanol–water partition coefficient (Wildman–Crippen LogP) is 0.825. The van der Waals surface area contributed by atoms with Gasteiger partial charge in [0, 0.05) is 11.6 Å². The van der Waals surface area contributed by atoms with Crippen LogP contribution in [0.15, 0.2) is 30.9 Å². The van der Waals surface area contributed by atoms with Crippen molar-refractivity contribution in [1.82, 2.24) is 14.8 Å². The molecule has 0 fully saturated rings. The molecule has 7 heteroatoms. The Morgan fingerprint density at radius 2 is 2.16 bits per heavy atom. The van der Waals surface area contributed by atoms with E-state index in [1.54, 1.807) is 0 Å². The average molecular weight is 269 g/mol. The summed E-state index contributed by atoms with van der Waals surface area (Å²) in [6.07, 6.45) is 1.30. The number of aromatic nitrogens is 3. The summed E-state index contributed by atoms with van der Waals surface area (Å²) in [7, 11) is 0. The van der Waals surface area contributed by atoms with Gasteiger partial charge in [0.05, 0.1) is 12.6 Å². The third-order valence-corrected chi connectivity index (χ3v) is 2.96. The lowest BCUT2D eigenvalue weighted by atomic mass is 9.88. The summed E-state index contributed by atoms with van der Waals surface area (Å²) >= 11 is 0. The Morgan fingerprint density at radius 1 is 1.42 bits per heavy atom. The van der Waals surface area contributed by atoms with Crippen molar-refractivity contribution in [2.75, 3.05) is 0 Å². The molecule has 0 unspecified atom stereocenters. The molecule has 0 aliphatic heterocycles. The summed E-state index contributed by atoms with van der Waals surface area (Å²) < 4.78 is 27.9. The van der Waals surface area contributed by atoms with Crippen LogP contribution in [0.1, 0.15) is 12.5 Å². The fourth-order valence-corrected chi connectivity index (χ4v) is 1.84. The molecule has 0 saturated carbocycles. The number of aliphatic hydroxyl groups excluding tert-OH is 1. The van der Waals surface area contributed by atoms with Gasteiger partial charge in [-0.15, -0.1) is 0 Å². The van der Waals surface area contributed by atoms with Crippen LogP contribution in [0, 0.1) is 11.6 Å². The van der Waals surface area contributed by atoms with Crippen LogP contribution in [-0.4, -0.2) is 31.1 Å². The number of nitrogens with zero attached hydrogens (tertiary/aromatic N) is 3. The molecular formula is C12H13F2N3O2. The van der Waals surface area contributed by atoms with Gasteiger partial charge in [-0.2, -0.15) is 5.10 Å². The molecule has 2 aromatic rings. The Bertz CT molecular complexity index is 560. The maximum Gasteiger partial charge on any atom is 0.137 e. The second-order valence-corrected chi connectivity index (χ2v) is 4.32. The molecule has 2 atom stereocenters. The molecule has 0 radical (unpaired) electrons. The first kappa shape index (κ1) is 13.6. The van der Waals surface area contributed by atoms with Crippen molar-refractivity contribution in [3.05, 3.63) is 48.1 Å². The summed E-state index contributed by atoms with van der Waals surface area (Å²) in [6.45, 7) is 1.12. The van der Waals surface area contributed by atoms with E-state index >= 15 is 0 Å². The van der Waals surface area contributed by atoms with Crippen LogP contribution < -0.4 is 0 Å². The van der Waals surface area contributed by atoms with Crippen LogP contribution in [0.25, 0.3) is 0 Å². The Morgan fingerprint density at radius 3 is 2.68 bits per heavy atom. The number of benzene rings is 1. The van der Waals surface area contributed by atoms with Crippen molar-refractivity contribution >= 4 is 0 Å². The van der Waals surface area contributed by atoms with Crippen molar-refractivity contribution in [3.8, 4) is 0 Å². The van der Waals surface area contributed by atoms with Crippen LogP contribution in [0.5, 0.6) is 0 Å². The zero-order valence-electron chi connectivity index (χ0n) is 10.2. The zero-order valence-corrected chi connectivity index (χ0v) is 10.2. The molecular weight excluding hydrogens is 256 g/mol. The second-order valence-electron chi connectivity index (χ2n) is 4.32. The van der Waals surface area contributed by atoms with Crippen LogP contribution >= 0.6 is 0 Å². The maximum atomic E-state index is 13.8. The van der Waals surface area contributed by atoms with Gasteiger partial charge in [-0.3, -0.25) is 0 Å². The monoisotopic (exact) mass is 269 g/mol. The topological polar surface area (TPSA) is 71.2 Å². The Hall–Kier alpha value is -1.86. The van der Waals surface area contributed by atoms with Gasteiger partial charge < -0.3 is 10.2 Å². The third-order valence-electron chi connectivity index (χ3n) is 2.96. The molecule has 2 rings (SSSR count). The normalized spacial score (nSPS) is 16.1. The predicted molar refractivity (Wildman–Crippen MR) is 62.0 cm³/mol. The van der Waals surface area contributed by atoms with Crippen LogP contribution in [0.3, 0.4) is 0 Å². The van der Waals surface area contributed by atoms with E-state index in [4.69, 9.17) is 0 Å². The maximum absolute atomic E-state index is 13.8. The van der Waals surface area contributed by atoms with Crippen molar-refractivity contribution in [1.29, 1.82) is 0 Å². The standard InChI is InChI=1S/C12H13F2N3O2/c1-8(18)12(19,5-17-7-15-6-16-17)10-3-2-9(13)4-11(10)14/h2-4,6-8,18-19H,5H2,1H3/t8-,12+/m1/s1. The molecule has 102 valence electrons. The van der Waals surface area contributed by atoms with E-state index in [1.807, 2.05) is 0 Å². The highest BCUT2D eigenvalue weighted by molar-refractivity contribution is 5.26. The smallest absolute Gasteiger partial charge is 0.137 e. The number of rotatable bonds is 4. The quantitative estimate of drug-likeness (QED) is 0.862. The van der Waals surface area contributed by atoms with E-state index in [-0.39, 0.29) is 12.1 Å². The van der Waals surface area contributed by atoms with Crippen LogP contribution in [0.4, 0.5) is 8.78 Å². The largest absolute Gasteiger partial charge is 0.390 e. The van der Waals surface area contributed by atoms with Crippen molar-refractivity contribution in [3.63, 3.8) is 0 Å². The van der Waals surface area contributed by atoms with Gasteiger partial charge >= 0.3 is 0 Å². The summed E-state index contributed by atoms with van der Waals surface area (Å²) in [6, 6.07) is 2.78. The Labute approximate surface area is 108 Å². The van der Waals surface area contributed by atoms with Crippen LogP contribution in [0.2, 0.25) is 0 Å². The highest BCUT2D eigenvalue weighted by Gasteiger charge is 2.38.